The Labute approximate surface area is 169 Å². The molecule has 6 nitrogen and oxygen atoms in total. The SMILES string of the molecule is N=CC(=CN)c1ccc2c(c1)SC(Nc1cc(COC3CCCC3)ccn1)N2. The number of hydrogen-bond acceptors (Lipinski definition) is 7. The number of benzene rings is 1. The molecular weight excluding hydrogens is 370 g/mol. The number of aromatic nitrogens is 1. The Morgan fingerprint density at radius 2 is 2.18 bits per heavy atom. The van der Waals surface area contributed by atoms with E-state index >= 15 is 0 Å². The molecular formula is C21H25N5OS. The van der Waals surface area contributed by atoms with E-state index in [0.717, 1.165) is 27.5 Å². The molecule has 0 amide bonds. The molecule has 0 radical (unpaired) electrons. The Bertz CT molecular complexity index is 879. The van der Waals surface area contributed by atoms with Gasteiger partial charge in [0.05, 0.1) is 18.4 Å². The fourth-order valence-corrected chi connectivity index (χ4v) is 4.62. The molecule has 1 atom stereocenters. The molecule has 2 aliphatic rings. The highest BCUT2D eigenvalue weighted by Crippen LogP contribution is 2.39. The van der Waals surface area contributed by atoms with Gasteiger partial charge in [-0.2, -0.15) is 0 Å². The molecule has 1 unspecified atom stereocenters. The van der Waals surface area contributed by atoms with Crippen molar-refractivity contribution in [2.24, 2.45) is 5.73 Å². The van der Waals surface area contributed by atoms with Gasteiger partial charge in [-0.05, 0) is 48.2 Å². The molecule has 0 bridgehead atoms. The molecule has 0 saturated heterocycles. The summed E-state index contributed by atoms with van der Waals surface area (Å²) in [6.07, 6.45) is 9.88. The highest BCUT2D eigenvalue weighted by Gasteiger charge is 2.22. The first-order valence-corrected chi connectivity index (χ1v) is 10.5. The van der Waals surface area contributed by atoms with E-state index in [2.05, 4.69) is 27.8 Å². The minimum Gasteiger partial charge on any atom is -0.404 e. The Morgan fingerprint density at radius 1 is 1.32 bits per heavy atom. The van der Waals surface area contributed by atoms with Gasteiger partial charge >= 0.3 is 0 Å². The Balaban J connectivity index is 1.38. The van der Waals surface area contributed by atoms with Crippen LogP contribution < -0.4 is 16.4 Å². The molecule has 7 heteroatoms. The third-order valence-electron chi connectivity index (χ3n) is 5.07. The summed E-state index contributed by atoms with van der Waals surface area (Å²) in [7, 11) is 0. The van der Waals surface area contributed by atoms with Crippen LogP contribution in [0, 0.1) is 5.41 Å². The first-order chi connectivity index (χ1) is 13.7. The van der Waals surface area contributed by atoms with Crippen LogP contribution in [0.5, 0.6) is 0 Å². The Hall–Kier alpha value is -2.51. The maximum atomic E-state index is 7.46. The fraction of sp³-hybridized carbons (Fsp3) is 0.333. The summed E-state index contributed by atoms with van der Waals surface area (Å²) in [6.45, 7) is 0.633. The van der Waals surface area contributed by atoms with Crippen LogP contribution in [0.2, 0.25) is 0 Å². The topological polar surface area (TPSA) is 96.1 Å². The number of allylic oxidation sites excluding steroid dienone is 1. The summed E-state index contributed by atoms with van der Waals surface area (Å²) in [5.74, 6) is 0.826. The largest absolute Gasteiger partial charge is 0.404 e. The van der Waals surface area contributed by atoms with Crippen LogP contribution >= 0.6 is 11.8 Å². The van der Waals surface area contributed by atoms with Gasteiger partial charge in [0.25, 0.3) is 0 Å². The van der Waals surface area contributed by atoms with Gasteiger partial charge < -0.3 is 26.5 Å². The van der Waals surface area contributed by atoms with Gasteiger partial charge in [-0.1, -0.05) is 30.7 Å². The van der Waals surface area contributed by atoms with Crippen LogP contribution in [-0.2, 0) is 11.3 Å². The number of hydrogen-bond donors (Lipinski definition) is 4. The molecule has 5 N–H and O–H groups in total. The van der Waals surface area contributed by atoms with E-state index in [9.17, 15) is 0 Å². The van der Waals surface area contributed by atoms with E-state index in [-0.39, 0.29) is 5.50 Å². The number of ether oxygens (including phenoxy) is 1. The quantitative estimate of drug-likeness (QED) is 0.519. The second-order valence-electron chi connectivity index (χ2n) is 7.03. The van der Waals surface area contributed by atoms with Crippen molar-refractivity contribution in [3.63, 3.8) is 0 Å². The van der Waals surface area contributed by atoms with Crippen LogP contribution in [0.4, 0.5) is 11.5 Å². The van der Waals surface area contributed by atoms with E-state index in [1.165, 1.54) is 38.1 Å². The summed E-state index contributed by atoms with van der Waals surface area (Å²) in [5.41, 5.74) is 9.44. The molecule has 28 heavy (non-hydrogen) atoms. The first-order valence-electron chi connectivity index (χ1n) is 9.58. The van der Waals surface area contributed by atoms with Gasteiger partial charge in [0.2, 0.25) is 0 Å². The molecule has 2 aromatic rings. The zero-order valence-electron chi connectivity index (χ0n) is 15.7. The van der Waals surface area contributed by atoms with Crippen molar-refractivity contribution in [1.29, 1.82) is 5.41 Å². The van der Waals surface area contributed by atoms with Crippen LogP contribution in [0.15, 0.2) is 47.6 Å². The molecule has 1 saturated carbocycles. The lowest BCUT2D eigenvalue weighted by Gasteiger charge is -2.15. The van der Waals surface area contributed by atoms with Gasteiger partial charge in [0.15, 0.2) is 5.50 Å². The van der Waals surface area contributed by atoms with Gasteiger partial charge in [-0.25, -0.2) is 4.98 Å². The molecule has 1 aromatic carbocycles. The average molecular weight is 396 g/mol. The molecule has 4 rings (SSSR count). The van der Waals surface area contributed by atoms with E-state index in [0.29, 0.717) is 18.3 Å². The molecule has 1 aromatic heterocycles. The lowest BCUT2D eigenvalue weighted by Crippen LogP contribution is -2.21. The van der Waals surface area contributed by atoms with E-state index < -0.39 is 0 Å². The molecule has 146 valence electrons. The van der Waals surface area contributed by atoms with Crippen molar-refractivity contribution < 1.29 is 4.74 Å². The number of nitrogens with zero attached hydrogens (tertiary/aromatic N) is 1. The van der Waals surface area contributed by atoms with Crippen molar-refractivity contribution in [3.05, 3.63) is 53.9 Å². The average Bonchev–Trinajstić information content (AvgIpc) is 3.36. The van der Waals surface area contributed by atoms with Gasteiger partial charge in [0.1, 0.15) is 5.82 Å². The van der Waals surface area contributed by atoms with Crippen molar-refractivity contribution in [1.82, 2.24) is 4.98 Å². The minimum absolute atomic E-state index is 0.00552. The van der Waals surface area contributed by atoms with Crippen LogP contribution in [0.3, 0.4) is 0 Å². The molecule has 0 spiro atoms. The number of fused-ring (bicyclic) bond motifs is 1. The van der Waals surface area contributed by atoms with Gasteiger partial charge in [-0.15, -0.1) is 0 Å². The molecule has 1 aliphatic carbocycles. The predicted octanol–water partition coefficient (Wildman–Crippen LogP) is 4.40. The smallest absolute Gasteiger partial charge is 0.151 e. The van der Waals surface area contributed by atoms with Crippen molar-refractivity contribution >= 4 is 35.1 Å². The minimum atomic E-state index is -0.00552. The lowest BCUT2D eigenvalue weighted by molar-refractivity contribution is 0.0457. The summed E-state index contributed by atoms with van der Waals surface area (Å²) < 4.78 is 6.01. The zero-order valence-corrected chi connectivity index (χ0v) is 16.5. The predicted molar refractivity (Wildman–Crippen MR) is 116 cm³/mol. The van der Waals surface area contributed by atoms with E-state index in [4.69, 9.17) is 15.9 Å². The molecule has 1 fully saturated rings. The number of thioether (sulfide) groups is 1. The molecule has 1 aliphatic heterocycles. The summed E-state index contributed by atoms with van der Waals surface area (Å²) in [6, 6.07) is 10.1. The summed E-state index contributed by atoms with van der Waals surface area (Å²) >= 11 is 1.69. The van der Waals surface area contributed by atoms with E-state index in [1.54, 1.807) is 11.8 Å². The number of rotatable bonds is 7. The Kier molecular flexibility index (Phi) is 5.83. The lowest BCUT2D eigenvalue weighted by atomic mass is 10.1. The normalized spacial score (nSPS) is 19.3. The second-order valence-corrected chi connectivity index (χ2v) is 8.18. The van der Waals surface area contributed by atoms with E-state index in [1.807, 2.05) is 24.4 Å². The second kappa shape index (κ2) is 8.67. The summed E-state index contributed by atoms with van der Waals surface area (Å²) in [4.78, 5) is 5.56. The first kappa shape index (κ1) is 18.8. The number of anilines is 2. The van der Waals surface area contributed by atoms with Crippen LogP contribution in [0.25, 0.3) is 5.57 Å². The third kappa shape index (κ3) is 4.31. The third-order valence-corrected chi connectivity index (χ3v) is 6.14. The van der Waals surface area contributed by atoms with Crippen molar-refractivity contribution in [3.8, 4) is 0 Å². The van der Waals surface area contributed by atoms with Crippen LogP contribution in [-0.4, -0.2) is 22.8 Å². The number of pyridine rings is 1. The maximum absolute atomic E-state index is 7.46. The van der Waals surface area contributed by atoms with Gasteiger partial charge in [0, 0.05) is 29.1 Å². The monoisotopic (exact) mass is 395 g/mol. The highest BCUT2D eigenvalue weighted by molar-refractivity contribution is 8.00. The summed E-state index contributed by atoms with van der Waals surface area (Å²) in [5, 5.41) is 14.4. The number of nitrogens with two attached hydrogens (primary N) is 1. The molecule has 2 heterocycles. The highest BCUT2D eigenvalue weighted by atomic mass is 32.2. The zero-order chi connectivity index (χ0) is 19.3. The standard InChI is InChI=1S/C21H25N5OS/c22-11-16(12-23)15-5-6-18-19(10-15)28-21(25-18)26-20-9-14(7-8-24-20)13-27-17-3-1-2-4-17/h5-12,17,21-22,25H,1-4,13,23H2,(H,24,26). The van der Waals surface area contributed by atoms with Crippen molar-refractivity contribution in [2.75, 3.05) is 10.6 Å². The maximum Gasteiger partial charge on any atom is 0.151 e. The Morgan fingerprint density at radius 3 is 2.96 bits per heavy atom. The van der Waals surface area contributed by atoms with Crippen LogP contribution in [0.1, 0.15) is 36.8 Å². The van der Waals surface area contributed by atoms with Gasteiger partial charge in [-0.3, -0.25) is 0 Å². The van der Waals surface area contributed by atoms with Crippen molar-refractivity contribution in [2.45, 2.75) is 48.8 Å². The number of nitrogens with one attached hydrogen (secondary N) is 3. The fourth-order valence-electron chi connectivity index (χ4n) is 3.56.